The Labute approximate surface area is 213 Å². The average molecular weight is 543 g/mol. The van der Waals surface area contributed by atoms with Crippen molar-refractivity contribution < 1.29 is 35.5 Å². The van der Waals surface area contributed by atoms with Gasteiger partial charge in [-0.15, -0.1) is 10.2 Å². The van der Waals surface area contributed by atoms with Crippen molar-refractivity contribution in [2.24, 2.45) is 7.05 Å². The van der Waals surface area contributed by atoms with Gasteiger partial charge in [-0.1, -0.05) is 30.3 Å². The molecule has 0 amide bonds. The largest absolute Gasteiger partial charge is 0.416 e. The zero-order chi connectivity index (χ0) is 27.5. The van der Waals surface area contributed by atoms with Gasteiger partial charge in [0, 0.05) is 12.5 Å². The fourth-order valence-electron chi connectivity index (χ4n) is 5.59. The molecule has 5 rings (SSSR count). The first-order chi connectivity index (χ1) is 17.7. The second-order valence-electron chi connectivity index (χ2n) is 9.86. The lowest BCUT2D eigenvalue weighted by Crippen LogP contribution is -2.55. The zero-order valence-electron chi connectivity index (χ0n) is 20.3. The van der Waals surface area contributed by atoms with Gasteiger partial charge >= 0.3 is 12.4 Å². The Balaban J connectivity index is 1.53. The Hall–Kier alpha value is -3.06. The van der Waals surface area contributed by atoms with E-state index in [1.165, 1.54) is 14.0 Å². The number of fused-ring (bicyclic) bond motifs is 2. The van der Waals surface area contributed by atoms with E-state index in [-0.39, 0.29) is 30.3 Å². The molecule has 3 aromatic rings. The van der Waals surface area contributed by atoms with Crippen molar-refractivity contribution >= 4 is 0 Å². The summed E-state index contributed by atoms with van der Waals surface area (Å²) in [5.74, 6) is -0.100. The number of aryl methyl sites for hydroxylation is 1. The molecule has 0 aliphatic carbocycles. The predicted molar refractivity (Wildman–Crippen MR) is 120 cm³/mol. The highest BCUT2D eigenvalue weighted by Crippen LogP contribution is 2.55. The number of hydrogen-bond acceptors (Lipinski definition) is 5. The maximum atomic E-state index is 16.6. The van der Waals surface area contributed by atoms with Crippen LogP contribution >= 0.6 is 0 Å². The number of aromatic nitrogens is 4. The molecule has 2 bridgehead atoms. The second kappa shape index (κ2) is 9.01. The molecular formula is C25H24F7N5O. The third-order valence-corrected chi connectivity index (χ3v) is 7.40. The van der Waals surface area contributed by atoms with Gasteiger partial charge in [-0.2, -0.15) is 31.1 Å². The molecule has 3 heterocycles. The molecule has 2 aliphatic heterocycles. The van der Waals surface area contributed by atoms with E-state index in [1.54, 1.807) is 30.3 Å². The number of piperidine rings is 1. The summed E-state index contributed by atoms with van der Waals surface area (Å²) in [4.78, 5) is 1.15. The molecule has 13 heteroatoms. The van der Waals surface area contributed by atoms with Crippen LogP contribution in [0.5, 0.6) is 0 Å². The number of ether oxygens (including phenoxy) is 1. The van der Waals surface area contributed by atoms with E-state index in [2.05, 4.69) is 20.7 Å². The molecule has 5 atom stereocenters. The summed E-state index contributed by atoms with van der Waals surface area (Å²) in [5.41, 5.74) is -5.61. The van der Waals surface area contributed by atoms with Crippen molar-refractivity contribution in [1.29, 1.82) is 0 Å². The van der Waals surface area contributed by atoms with Crippen molar-refractivity contribution in [1.82, 2.24) is 25.5 Å². The molecule has 2 aromatic carbocycles. The number of nitrogens with one attached hydrogen (secondary N) is 1. The van der Waals surface area contributed by atoms with E-state index in [0.29, 0.717) is 24.1 Å². The van der Waals surface area contributed by atoms with Gasteiger partial charge in [-0.3, -0.25) is 5.32 Å². The van der Waals surface area contributed by atoms with Gasteiger partial charge in [0.15, 0.2) is 5.67 Å². The van der Waals surface area contributed by atoms with Crippen LogP contribution in [0.25, 0.3) is 0 Å². The Kier molecular flexibility index (Phi) is 6.29. The van der Waals surface area contributed by atoms with Crippen LogP contribution in [0, 0.1) is 0 Å². The highest BCUT2D eigenvalue weighted by Gasteiger charge is 2.64. The minimum Gasteiger partial charge on any atom is -0.368 e. The molecule has 1 N–H and O–H groups in total. The standard InChI is InChI=1S/C25H24F7N5O/c1-14(15-10-17(24(27,28)29)12-18(11-15)25(30,31)32)38-20-9-8-19-22(26,21-34-36-37(2)35-21)13-23(20,33-19)16-6-4-3-5-7-16/h3-7,10-12,14,19-20,33H,8-9,13H2,1-2H3/t14-,19?,20?,22?,23?/m1/s1. The maximum absolute atomic E-state index is 16.6. The number of rotatable bonds is 5. The van der Waals surface area contributed by atoms with Gasteiger partial charge in [0.1, 0.15) is 0 Å². The number of alkyl halides is 7. The summed E-state index contributed by atoms with van der Waals surface area (Å²) >= 11 is 0. The van der Waals surface area contributed by atoms with E-state index in [0.717, 1.165) is 4.80 Å². The van der Waals surface area contributed by atoms with Gasteiger partial charge in [-0.05, 0) is 54.3 Å². The fraction of sp³-hybridized carbons (Fsp3) is 0.480. The molecule has 2 fully saturated rings. The lowest BCUT2D eigenvalue weighted by molar-refractivity contribution is -0.143. The number of nitrogens with zero attached hydrogens (tertiary/aromatic N) is 4. The topological polar surface area (TPSA) is 64.9 Å². The summed E-state index contributed by atoms with van der Waals surface area (Å²) in [7, 11) is 1.51. The SMILES string of the molecule is C[C@@H](OC1CCC2NC1(c1ccccc1)CC2(F)c1nnn(C)n1)c1cc(C(F)(F)F)cc(C(F)(F)F)c1. The van der Waals surface area contributed by atoms with Crippen molar-refractivity contribution in [2.75, 3.05) is 0 Å². The molecule has 4 unspecified atom stereocenters. The molecule has 6 nitrogen and oxygen atoms in total. The molecular weight excluding hydrogens is 519 g/mol. The van der Waals surface area contributed by atoms with Crippen molar-refractivity contribution in [3.63, 3.8) is 0 Å². The summed E-state index contributed by atoms with van der Waals surface area (Å²) in [6.07, 6.45) is -11.5. The Morgan fingerprint density at radius 2 is 1.63 bits per heavy atom. The molecule has 204 valence electrons. The van der Waals surface area contributed by atoms with E-state index >= 15 is 4.39 Å². The summed E-state index contributed by atoms with van der Waals surface area (Å²) < 4.78 is 103. The Morgan fingerprint density at radius 1 is 1.00 bits per heavy atom. The van der Waals surface area contributed by atoms with E-state index in [4.69, 9.17) is 4.74 Å². The lowest BCUT2D eigenvalue weighted by Gasteiger charge is -2.43. The zero-order valence-corrected chi connectivity index (χ0v) is 20.3. The summed E-state index contributed by atoms with van der Waals surface area (Å²) in [6, 6.07) is 9.55. The minimum absolute atomic E-state index is 0.0801. The molecule has 1 aromatic heterocycles. The lowest BCUT2D eigenvalue weighted by atomic mass is 9.79. The van der Waals surface area contributed by atoms with Crippen LogP contribution in [0.15, 0.2) is 48.5 Å². The van der Waals surface area contributed by atoms with Gasteiger partial charge < -0.3 is 4.74 Å². The highest BCUT2D eigenvalue weighted by molar-refractivity contribution is 5.36. The predicted octanol–water partition coefficient (Wildman–Crippen LogP) is 5.61. The van der Waals surface area contributed by atoms with Crippen LogP contribution in [-0.4, -0.2) is 32.4 Å². The molecule has 2 saturated heterocycles. The van der Waals surface area contributed by atoms with Crippen LogP contribution in [0.1, 0.15) is 60.4 Å². The second-order valence-corrected chi connectivity index (χ2v) is 9.86. The third kappa shape index (κ3) is 4.55. The molecule has 0 radical (unpaired) electrons. The third-order valence-electron chi connectivity index (χ3n) is 7.40. The first-order valence-corrected chi connectivity index (χ1v) is 11.9. The maximum Gasteiger partial charge on any atom is 0.416 e. The molecule has 38 heavy (non-hydrogen) atoms. The molecule has 0 spiro atoms. The van der Waals surface area contributed by atoms with Gasteiger partial charge in [0.25, 0.3) is 0 Å². The van der Waals surface area contributed by atoms with Crippen molar-refractivity contribution in [3.8, 4) is 0 Å². The highest BCUT2D eigenvalue weighted by atomic mass is 19.4. The first kappa shape index (κ1) is 26.5. The smallest absolute Gasteiger partial charge is 0.368 e. The number of tetrazole rings is 1. The van der Waals surface area contributed by atoms with Gasteiger partial charge in [0.05, 0.1) is 35.9 Å². The Morgan fingerprint density at radius 3 is 2.18 bits per heavy atom. The van der Waals surface area contributed by atoms with Gasteiger partial charge in [0.2, 0.25) is 5.82 Å². The number of hydrogen-bond donors (Lipinski definition) is 1. The van der Waals surface area contributed by atoms with Crippen LogP contribution in [0.4, 0.5) is 30.7 Å². The molecule has 0 saturated carbocycles. The van der Waals surface area contributed by atoms with Crippen LogP contribution in [-0.2, 0) is 35.3 Å². The average Bonchev–Trinajstić information content (AvgIpc) is 3.40. The quantitative estimate of drug-likeness (QED) is 0.424. The minimum atomic E-state index is -4.98. The fourth-order valence-corrected chi connectivity index (χ4v) is 5.59. The first-order valence-electron chi connectivity index (χ1n) is 11.9. The van der Waals surface area contributed by atoms with Crippen molar-refractivity contribution in [2.45, 2.75) is 68.0 Å². The van der Waals surface area contributed by atoms with Crippen LogP contribution < -0.4 is 5.32 Å². The monoisotopic (exact) mass is 543 g/mol. The van der Waals surface area contributed by atoms with Crippen LogP contribution in [0.2, 0.25) is 0 Å². The van der Waals surface area contributed by atoms with Crippen molar-refractivity contribution in [3.05, 3.63) is 76.6 Å². The Bertz CT molecular complexity index is 1280. The van der Waals surface area contributed by atoms with E-state index in [9.17, 15) is 26.3 Å². The summed E-state index contributed by atoms with van der Waals surface area (Å²) in [5, 5.41) is 15.0. The normalized spacial score (nSPS) is 28.4. The molecule has 2 aliphatic rings. The van der Waals surface area contributed by atoms with Gasteiger partial charge in [-0.25, -0.2) is 4.39 Å². The van der Waals surface area contributed by atoms with Crippen LogP contribution in [0.3, 0.4) is 0 Å². The number of halogens is 7. The van der Waals surface area contributed by atoms with E-state index in [1.807, 2.05) is 0 Å². The summed E-state index contributed by atoms with van der Waals surface area (Å²) in [6.45, 7) is 1.39. The number of benzene rings is 2. The van der Waals surface area contributed by atoms with E-state index < -0.39 is 52.9 Å².